The number of aromatic nitrogens is 2. The minimum Gasteiger partial charge on any atom is -0.361 e. The fourth-order valence-corrected chi connectivity index (χ4v) is 9.31. The fourth-order valence-electron chi connectivity index (χ4n) is 8.83. The maximum Gasteiger partial charge on any atom is 0.253 e. The average Bonchev–Trinajstić information content (AvgIpc) is 4.28. The van der Waals surface area contributed by atoms with Crippen LogP contribution in [0.4, 0.5) is 0 Å². The molecule has 2 N–H and O–H groups in total. The summed E-state index contributed by atoms with van der Waals surface area (Å²) in [6.07, 6.45) is 7.49. The van der Waals surface area contributed by atoms with E-state index >= 15 is 0 Å². The maximum absolute atomic E-state index is 12.7. The lowest BCUT2D eigenvalue weighted by molar-refractivity contribution is 0.0775. The number of carbonyl (C=O) groups excluding carboxylic acids is 3. The van der Waals surface area contributed by atoms with Crippen molar-refractivity contribution in [1.29, 1.82) is 0 Å². The molecule has 2 aromatic heterocycles. The summed E-state index contributed by atoms with van der Waals surface area (Å²) in [5.41, 5.74) is 7.70. The first-order valence-electron chi connectivity index (χ1n) is 24.7. The lowest BCUT2D eigenvalue weighted by atomic mass is 10.1. The van der Waals surface area contributed by atoms with Gasteiger partial charge in [-0.2, -0.15) is 0 Å². The van der Waals surface area contributed by atoms with E-state index in [-0.39, 0.29) is 11.8 Å². The highest BCUT2D eigenvalue weighted by molar-refractivity contribution is 6.67. The number of benzene rings is 5. The second-order valence-corrected chi connectivity index (χ2v) is 20.0. The fraction of sp³-hybridized carbons (Fsp3) is 0.362. The number of hydrogen-bond acceptors (Lipinski definition) is 7. The number of fused-ring (bicyclic) bond motifs is 2. The van der Waals surface area contributed by atoms with Crippen LogP contribution in [0.2, 0.25) is 0 Å². The zero-order chi connectivity index (χ0) is 51.6. The van der Waals surface area contributed by atoms with Crippen molar-refractivity contribution in [2.24, 2.45) is 0 Å². The van der Waals surface area contributed by atoms with Crippen molar-refractivity contribution in [2.75, 3.05) is 81.6 Å². The van der Waals surface area contributed by atoms with E-state index in [1.807, 2.05) is 64.5 Å². The number of amides is 2. The molecule has 0 spiro atoms. The minimum atomic E-state index is -0.439. The van der Waals surface area contributed by atoms with Crippen LogP contribution < -0.4 is 5.32 Å². The van der Waals surface area contributed by atoms with E-state index in [1.165, 1.54) is 46.9 Å². The van der Waals surface area contributed by atoms with Crippen LogP contribution in [0, 0.1) is 0 Å². The van der Waals surface area contributed by atoms with Crippen LogP contribution >= 0.6 is 34.8 Å². The van der Waals surface area contributed by atoms with Crippen molar-refractivity contribution in [2.45, 2.75) is 55.7 Å². The first kappa shape index (κ1) is 55.8. The number of H-pyrrole nitrogens is 1. The van der Waals surface area contributed by atoms with Crippen LogP contribution in [0.5, 0.6) is 0 Å². The molecule has 10 rings (SSSR count). The number of likely N-dealkylation sites (tertiary alicyclic amines) is 2. The second kappa shape index (κ2) is 28.1. The number of rotatable bonds is 10. The molecule has 3 unspecified atom stereocenters. The van der Waals surface area contributed by atoms with Gasteiger partial charge in [-0.3, -0.25) is 14.4 Å². The lowest BCUT2D eigenvalue weighted by Crippen LogP contribution is -2.34. The Hall–Kier alpha value is -5.50. The number of nitrogens with zero attached hydrogens (tertiary/aromatic N) is 6. The van der Waals surface area contributed by atoms with Crippen molar-refractivity contribution < 1.29 is 14.4 Å². The van der Waals surface area contributed by atoms with Gasteiger partial charge in [0, 0.05) is 109 Å². The Morgan fingerprint density at radius 2 is 1.04 bits per heavy atom. The third-order valence-corrected chi connectivity index (χ3v) is 14.3. The van der Waals surface area contributed by atoms with Gasteiger partial charge in [-0.05, 0) is 168 Å². The van der Waals surface area contributed by atoms with Gasteiger partial charge in [0.05, 0.1) is 0 Å². The zero-order valence-electron chi connectivity index (χ0n) is 42.6. The minimum absolute atomic E-state index is 0.125. The summed E-state index contributed by atoms with van der Waals surface area (Å²) in [7, 11) is 12.6. The zero-order valence-corrected chi connectivity index (χ0v) is 44.9. The number of hydrogen-bond donors (Lipinski definition) is 2. The largest absolute Gasteiger partial charge is 0.361 e. The summed E-state index contributed by atoms with van der Waals surface area (Å²) < 4.78 is 2.24. The number of aromatic amines is 1. The molecule has 3 atom stereocenters. The van der Waals surface area contributed by atoms with Gasteiger partial charge in [0.2, 0.25) is 0 Å². The highest BCUT2D eigenvalue weighted by atomic mass is 35.5. The third-order valence-electron chi connectivity index (χ3n) is 13.5. The van der Waals surface area contributed by atoms with Crippen molar-refractivity contribution >= 4 is 73.7 Å². The molecule has 3 aliphatic rings. The van der Waals surface area contributed by atoms with Crippen molar-refractivity contribution in [3.05, 3.63) is 179 Å². The molecule has 0 saturated carbocycles. The van der Waals surface area contributed by atoms with E-state index in [0.717, 1.165) is 73.9 Å². The number of carbonyl (C=O) groups is 3. The van der Waals surface area contributed by atoms with E-state index in [0.29, 0.717) is 29.4 Å². The van der Waals surface area contributed by atoms with E-state index in [9.17, 15) is 14.4 Å². The Morgan fingerprint density at radius 1 is 0.556 bits per heavy atom. The topological polar surface area (TPSA) is 100 Å². The van der Waals surface area contributed by atoms with Crippen molar-refractivity contribution in [1.82, 2.24) is 39.4 Å². The Morgan fingerprint density at radius 3 is 1.49 bits per heavy atom. The summed E-state index contributed by atoms with van der Waals surface area (Å²) in [6.45, 7) is 6.52. The molecule has 5 heterocycles. The Kier molecular flexibility index (Phi) is 21.8. The van der Waals surface area contributed by atoms with Crippen LogP contribution in [0.3, 0.4) is 0 Å². The maximum atomic E-state index is 12.7. The predicted octanol–water partition coefficient (Wildman–Crippen LogP) is 10.5. The summed E-state index contributed by atoms with van der Waals surface area (Å²) in [6, 6.07) is 45.1. The quantitative estimate of drug-likeness (QED) is 0.104. The molecular weight excluding hydrogens is 963 g/mol. The summed E-state index contributed by atoms with van der Waals surface area (Å²) in [4.78, 5) is 49.3. The highest BCUT2D eigenvalue weighted by Gasteiger charge is 2.29. The molecule has 7 aromatic rings. The first-order valence-corrected chi connectivity index (χ1v) is 26.1. The van der Waals surface area contributed by atoms with Gasteiger partial charge in [-0.15, -0.1) is 23.2 Å². The van der Waals surface area contributed by atoms with E-state index in [1.54, 1.807) is 24.3 Å². The number of likely N-dealkylation sites (N-methyl/N-ethyl adjacent to an activating group) is 3. The number of para-hydroxylation sites is 2. The third kappa shape index (κ3) is 16.3. The standard InChI is InChI=1S/C22H25N3O.C14H19ClN2O.C8H6Cl2O.C8H7N.C6H14N2/c1-23(2)20-12-14-25(16-20)22(26)19-9-7-17(8-10-19)15-24-13-11-18-5-3-4-6-21(18)24;1-16(2)13-7-8-17(10-13)14(18)12-5-3-11(9-15)4-6-12;9-5-6-1-3-7(4-2-6)8(10)11;1-2-4-8-7(3-1)5-6-9-8;1-8(2)6-3-4-7-5-6/h3-11,13,20H,12,14-16H2,1-2H3;3-6,13H,7-10H2,1-2H3;1-4H,5H2;1-6,9H;6-7H,3-5H2,1-2H3. The van der Waals surface area contributed by atoms with Gasteiger partial charge in [-0.25, -0.2) is 0 Å². The van der Waals surface area contributed by atoms with Gasteiger partial charge < -0.3 is 39.4 Å². The van der Waals surface area contributed by atoms with E-state index in [4.69, 9.17) is 34.8 Å². The van der Waals surface area contributed by atoms with E-state index in [2.05, 4.69) is 139 Å². The van der Waals surface area contributed by atoms with Crippen molar-refractivity contribution in [3.8, 4) is 0 Å². The van der Waals surface area contributed by atoms with Crippen LogP contribution in [-0.2, 0) is 18.3 Å². The van der Waals surface area contributed by atoms with Crippen LogP contribution in [0.1, 0.15) is 67.0 Å². The monoisotopic (exact) mass is 1030 g/mol. The highest BCUT2D eigenvalue weighted by Crippen LogP contribution is 2.21. The van der Waals surface area contributed by atoms with Crippen LogP contribution in [0.25, 0.3) is 21.8 Å². The van der Waals surface area contributed by atoms with Gasteiger partial charge in [0.15, 0.2) is 0 Å². The number of nitrogens with one attached hydrogen (secondary N) is 2. The average molecular weight is 1030 g/mol. The Balaban J connectivity index is 0.000000159. The van der Waals surface area contributed by atoms with Crippen LogP contribution in [-0.4, -0.2) is 151 Å². The van der Waals surface area contributed by atoms with Gasteiger partial charge in [0.25, 0.3) is 17.1 Å². The van der Waals surface area contributed by atoms with Crippen LogP contribution in [0.15, 0.2) is 146 Å². The molecule has 72 heavy (non-hydrogen) atoms. The molecule has 0 radical (unpaired) electrons. The molecule has 0 bridgehead atoms. The normalized spacial score (nSPS) is 17.2. The Labute approximate surface area is 441 Å². The van der Waals surface area contributed by atoms with Gasteiger partial charge in [0.1, 0.15) is 0 Å². The molecule has 3 aliphatic heterocycles. The summed E-state index contributed by atoms with van der Waals surface area (Å²) in [5, 5.41) is 5.40. The molecule has 14 heteroatoms. The van der Waals surface area contributed by atoms with Crippen molar-refractivity contribution in [3.63, 3.8) is 0 Å². The smallest absolute Gasteiger partial charge is 0.253 e. The molecule has 382 valence electrons. The molecule has 3 saturated heterocycles. The summed E-state index contributed by atoms with van der Waals surface area (Å²) in [5.74, 6) is 1.21. The molecule has 5 aromatic carbocycles. The molecule has 0 aliphatic carbocycles. The first-order chi connectivity index (χ1) is 34.7. The number of halogens is 3. The van der Waals surface area contributed by atoms with E-state index < -0.39 is 5.24 Å². The SMILES string of the molecule is CN(C)C1CCN(C(=O)c2ccc(CCl)cc2)C1.CN(C)C1CCN(C(=O)c2ccc(Cn3ccc4ccccc43)cc2)C1.CN(C)C1CCNC1.O=C(Cl)c1ccc(CCl)cc1.c1ccc2[nH]ccc2c1. The number of alkyl halides is 2. The predicted molar refractivity (Wildman–Crippen MR) is 299 cm³/mol. The Bertz CT molecular complexity index is 2720. The molecule has 3 fully saturated rings. The lowest BCUT2D eigenvalue weighted by Gasteiger charge is -2.20. The summed E-state index contributed by atoms with van der Waals surface area (Å²) >= 11 is 16.5. The molecule has 2 amide bonds. The second-order valence-electron chi connectivity index (χ2n) is 19.1. The van der Waals surface area contributed by atoms with Gasteiger partial charge >= 0.3 is 0 Å². The molecular formula is C58H71Cl3N8O3. The molecule has 11 nitrogen and oxygen atoms in total. The van der Waals surface area contributed by atoms with Gasteiger partial charge in [-0.1, -0.05) is 72.8 Å².